The van der Waals surface area contributed by atoms with Gasteiger partial charge in [-0.25, -0.2) is 0 Å². The number of rotatable bonds is 2. The van der Waals surface area contributed by atoms with E-state index in [1.165, 1.54) is 31.2 Å². The Morgan fingerprint density at radius 1 is 1.14 bits per heavy atom. The summed E-state index contributed by atoms with van der Waals surface area (Å²) in [6.07, 6.45) is 5.32. The van der Waals surface area contributed by atoms with Crippen LogP contribution in [0.1, 0.15) is 37.2 Å². The Morgan fingerprint density at radius 2 is 1.93 bits per heavy atom. The number of hydrogen-bond donors (Lipinski definition) is 1. The normalized spacial score (nSPS) is 27.5. The molecular weight excluding hydrogens is 170 g/mol. The van der Waals surface area contributed by atoms with E-state index >= 15 is 0 Å². The van der Waals surface area contributed by atoms with Gasteiger partial charge < -0.3 is 5.73 Å². The van der Waals surface area contributed by atoms with Crippen LogP contribution in [0.2, 0.25) is 0 Å². The summed E-state index contributed by atoms with van der Waals surface area (Å²) in [6.45, 7) is 0.864. The Bertz CT molecular complexity index is 268. The molecule has 0 aliphatic heterocycles. The highest BCUT2D eigenvalue weighted by Crippen LogP contribution is 2.35. The first-order valence-electron chi connectivity index (χ1n) is 5.65. The zero-order chi connectivity index (χ0) is 9.80. The standard InChI is InChI=1S/C13H19N/c14-10-11-5-4-8-13(9-11)12-6-2-1-3-7-12/h1-3,6-7,11,13H,4-5,8-10,14H2/t11-,13+/m0/s1. The highest BCUT2D eigenvalue weighted by Gasteiger charge is 2.21. The van der Waals surface area contributed by atoms with Crippen LogP contribution in [0.4, 0.5) is 0 Å². The molecule has 0 radical (unpaired) electrons. The average Bonchev–Trinajstić information content (AvgIpc) is 2.30. The smallest absolute Gasteiger partial charge is 0.00486 e. The molecule has 76 valence electrons. The fourth-order valence-corrected chi connectivity index (χ4v) is 2.53. The summed E-state index contributed by atoms with van der Waals surface area (Å²) in [4.78, 5) is 0. The first-order valence-corrected chi connectivity index (χ1v) is 5.65. The summed E-state index contributed by atoms with van der Waals surface area (Å²) < 4.78 is 0. The number of benzene rings is 1. The van der Waals surface area contributed by atoms with Crippen LogP contribution in [0.5, 0.6) is 0 Å². The van der Waals surface area contributed by atoms with Crippen LogP contribution in [0.15, 0.2) is 30.3 Å². The number of hydrogen-bond acceptors (Lipinski definition) is 1. The lowest BCUT2D eigenvalue weighted by Crippen LogP contribution is -2.21. The molecule has 0 spiro atoms. The summed E-state index contributed by atoms with van der Waals surface area (Å²) in [7, 11) is 0. The van der Waals surface area contributed by atoms with Gasteiger partial charge in [-0.1, -0.05) is 36.8 Å². The van der Waals surface area contributed by atoms with E-state index in [1.54, 1.807) is 0 Å². The summed E-state index contributed by atoms with van der Waals surface area (Å²) in [5.41, 5.74) is 7.25. The van der Waals surface area contributed by atoms with Gasteiger partial charge in [0.1, 0.15) is 0 Å². The zero-order valence-electron chi connectivity index (χ0n) is 8.65. The Morgan fingerprint density at radius 3 is 2.64 bits per heavy atom. The van der Waals surface area contributed by atoms with Crippen LogP contribution >= 0.6 is 0 Å². The van der Waals surface area contributed by atoms with Crippen molar-refractivity contribution in [2.45, 2.75) is 31.6 Å². The molecule has 2 N–H and O–H groups in total. The van der Waals surface area contributed by atoms with Crippen molar-refractivity contribution >= 4 is 0 Å². The van der Waals surface area contributed by atoms with Gasteiger partial charge in [-0.2, -0.15) is 0 Å². The molecule has 2 atom stereocenters. The van der Waals surface area contributed by atoms with Gasteiger partial charge in [-0.3, -0.25) is 0 Å². The molecule has 1 saturated carbocycles. The summed E-state index contributed by atoms with van der Waals surface area (Å²) in [5, 5.41) is 0. The van der Waals surface area contributed by atoms with Crippen molar-refractivity contribution in [1.29, 1.82) is 0 Å². The Hall–Kier alpha value is -0.820. The lowest BCUT2D eigenvalue weighted by molar-refractivity contribution is 0.329. The second-order valence-corrected chi connectivity index (χ2v) is 4.38. The van der Waals surface area contributed by atoms with Gasteiger partial charge in [0.2, 0.25) is 0 Å². The van der Waals surface area contributed by atoms with Gasteiger partial charge in [0.15, 0.2) is 0 Å². The Balaban J connectivity index is 2.04. The minimum Gasteiger partial charge on any atom is -0.330 e. The van der Waals surface area contributed by atoms with E-state index in [2.05, 4.69) is 30.3 Å². The molecule has 1 nitrogen and oxygen atoms in total. The van der Waals surface area contributed by atoms with Crippen molar-refractivity contribution in [2.24, 2.45) is 11.7 Å². The van der Waals surface area contributed by atoms with Crippen LogP contribution in [0, 0.1) is 5.92 Å². The van der Waals surface area contributed by atoms with Crippen LogP contribution < -0.4 is 5.73 Å². The molecule has 1 heteroatoms. The number of nitrogens with two attached hydrogens (primary N) is 1. The van der Waals surface area contributed by atoms with Crippen LogP contribution in [0.25, 0.3) is 0 Å². The van der Waals surface area contributed by atoms with Crippen LogP contribution in [-0.4, -0.2) is 6.54 Å². The van der Waals surface area contributed by atoms with Crippen molar-refractivity contribution in [3.8, 4) is 0 Å². The third-order valence-electron chi connectivity index (χ3n) is 3.39. The largest absolute Gasteiger partial charge is 0.330 e. The second kappa shape index (κ2) is 4.61. The van der Waals surface area contributed by atoms with Crippen LogP contribution in [0.3, 0.4) is 0 Å². The predicted octanol–water partition coefficient (Wildman–Crippen LogP) is 2.92. The lowest BCUT2D eigenvalue weighted by atomic mass is 9.78. The van der Waals surface area contributed by atoms with Gasteiger partial charge in [0.05, 0.1) is 0 Å². The van der Waals surface area contributed by atoms with E-state index in [4.69, 9.17) is 5.73 Å². The molecule has 0 unspecified atom stereocenters. The lowest BCUT2D eigenvalue weighted by Gasteiger charge is -2.28. The fraction of sp³-hybridized carbons (Fsp3) is 0.538. The van der Waals surface area contributed by atoms with Crippen molar-refractivity contribution in [2.75, 3.05) is 6.54 Å². The molecule has 1 aromatic rings. The van der Waals surface area contributed by atoms with Crippen LogP contribution in [-0.2, 0) is 0 Å². The first kappa shape index (κ1) is 9.72. The van der Waals surface area contributed by atoms with Gasteiger partial charge in [0.25, 0.3) is 0 Å². The fourth-order valence-electron chi connectivity index (χ4n) is 2.53. The molecule has 0 bridgehead atoms. The average molecular weight is 189 g/mol. The summed E-state index contributed by atoms with van der Waals surface area (Å²) in [6, 6.07) is 10.9. The van der Waals surface area contributed by atoms with Crippen molar-refractivity contribution in [3.05, 3.63) is 35.9 Å². The molecule has 0 amide bonds. The molecule has 0 saturated heterocycles. The molecule has 1 aliphatic rings. The van der Waals surface area contributed by atoms with E-state index in [0.717, 1.165) is 18.4 Å². The van der Waals surface area contributed by atoms with E-state index in [9.17, 15) is 0 Å². The molecule has 14 heavy (non-hydrogen) atoms. The minimum absolute atomic E-state index is 0.758. The maximum absolute atomic E-state index is 5.74. The Kier molecular flexibility index (Phi) is 3.20. The van der Waals surface area contributed by atoms with E-state index in [0.29, 0.717) is 0 Å². The second-order valence-electron chi connectivity index (χ2n) is 4.38. The molecule has 0 aromatic heterocycles. The highest BCUT2D eigenvalue weighted by molar-refractivity contribution is 5.19. The van der Waals surface area contributed by atoms with Crippen molar-refractivity contribution < 1.29 is 0 Å². The molecule has 0 heterocycles. The van der Waals surface area contributed by atoms with E-state index < -0.39 is 0 Å². The molecule has 1 aliphatic carbocycles. The van der Waals surface area contributed by atoms with Gasteiger partial charge in [-0.05, 0) is 43.2 Å². The summed E-state index contributed by atoms with van der Waals surface area (Å²) in [5.74, 6) is 1.52. The topological polar surface area (TPSA) is 26.0 Å². The van der Waals surface area contributed by atoms with Gasteiger partial charge in [0, 0.05) is 0 Å². The maximum atomic E-state index is 5.74. The molecular formula is C13H19N. The zero-order valence-corrected chi connectivity index (χ0v) is 8.65. The Labute approximate surface area is 86.3 Å². The van der Waals surface area contributed by atoms with Gasteiger partial charge in [-0.15, -0.1) is 0 Å². The molecule has 1 aromatic carbocycles. The highest BCUT2D eigenvalue weighted by atomic mass is 14.6. The summed E-state index contributed by atoms with van der Waals surface area (Å²) >= 11 is 0. The van der Waals surface area contributed by atoms with E-state index in [-0.39, 0.29) is 0 Å². The maximum Gasteiger partial charge on any atom is -0.00486 e. The SMILES string of the molecule is NC[C@H]1CCC[C@@H](c2ccccc2)C1. The first-order chi connectivity index (χ1) is 6.90. The van der Waals surface area contributed by atoms with Crippen molar-refractivity contribution in [1.82, 2.24) is 0 Å². The molecule has 2 rings (SSSR count). The molecule has 1 fully saturated rings. The monoisotopic (exact) mass is 189 g/mol. The van der Waals surface area contributed by atoms with Gasteiger partial charge >= 0.3 is 0 Å². The minimum atomic E-state index is 0.758. The third-order valence-corrected chi connectivity index (χ3v) is 3.39. The predicted molar refractivity (Wildman–Crippen MR) is 60.2 cm³/mol. The quantitative estimate of drug-likeness (QED) is 0.760. The third kappa shape index (κ3) is 2.16. The van der Waals surface area contributed by atoms with Crippen molar-refractivity contribution in [3.63, 3.8) is 0 Å². The van der Waals surface area contributed by atoms with E-state index in [1.807, 2.05) is 0 Å².